The molecule has 0 N–H and O–H groups in total. The van der Waals surface area contributed by atoms with Gasteiger partial charge >= 0.3 is 12.2 Å². The number of hydrogen-bond donors (Lipinski definition) is 0. The van der Waals surface area contributed by atoms with Gasteiger partial charge in [-0.05, 0) is 81.0 Å². The molecule has 2 heterocycles. The average molecular weight is 584 g/mol. The van der Waals surface area contributed by atoms with Gasteiger partial charge in [0.25, 0.3) is 0 Å². The van der Waals surface area contributed by atoms with E-state index in [0.717, 1.165) is 23.3 Å². The van der Waals surface area contributed by atoms with Gasteiger partial charge in [0.2, 0.25) is 5.91 Å². The van der Waals surface area contributed by atoms with Crippen molar-refractivity contribution in [3.63, 3.8) is 0 Å². The maximum absolute atomic E-state index is 14.2. The first-order valence-electron chi connectivity index (χ1n) is 14.2. The van der Waals surface area contributed by atoms with E-state index in [9.17, 15) is 22.8 Å². The third kappa shape index (κ3) is 5.65. The number of urea groups is 1. The predicted octanol–water partition coefficient (Wildman–Crippen LogP) is 7.24. The van der Waals surface area contributed by atoms with Gasteiger partial charge in [-0.25, -0.2) is 4.79 Å². The monoisotopic (exact) mass is 583 g/mol. The average Bonchev–Trinajstić information content (AvgIpc) is 3.21. The molecule has 9 heteroatoms. The lowest BCUT2D eigenvalue weighted by Gasteiger charge is -2.47. The van der Waals surface area contributed by atoms with Crippen LogP contribution in [0.5, 0.6) is 5.75 Å². The number of hydrogen-bond acceptors (Lipinski definition) is 3. The first-order chi connectivity index (χ1) is 19.8. The quantitative estimate of drug-likeness (QED) is 0.308. The fourth-order valence-corrected chi connectivity index (χ4v) is 6.65. The summed E-state index contributed by atoms with van der Waals surface area (Å²) in [6.07, 6.45) is 0.564. The van der Waals surface area contributed by atoms with Gasteiger partial charge in [-0.3, -0.25) is 4.79 Å². The van der Waals surface area contributed by atoms with Gasteiger partial charge in [-0.2, -0.15) is 13.2 Å². The van der Waals surface area contributed by atoms with Crippen LogP contribution < -0.4 is 4.74 Å². The Hall–Kier alpha value is -3.75. The van der Waals surface area contributed by atoms with Crippen molar-refractivity contribution in [1.82, 2.24) is 14.7 Å². The van der Waals surface area contributed by atoms with Gasteiger partial charge in [-0.15, -0.1) is 13.2 Å². The molecule has 1 unspecified atom stereocenters. The zero-order valence-corrected chi connectivity index (χ0v) is 25.0. The molecule has 2 aromatic rings. The second-order valence-electron chi connectivity index (χ2n) is 11.6. The molecule has 0 spiro atoms. The number of carbonyl (C=O) groups is 2. The number of fused-ring (bicyclic) bond motifs is 1. The summed E-state index contributed by atoms with van der Waals surface area (Å²) >= 11 is 0. The van der Waals surface area contributed by atoms with E-state index in [2.05, 4.69) is 13.2 Å². The SMILES string of the molecule is C=CCC1(CC=C)C[C@H]2C(c3ccc(OC)cc3C)N(C(=O)N(C)[C@H](C)c3cc(C)cc(C(F)(F)F)c3)CCN2C1=O. The van der Waals surface area contributed by atoms with Crippen LogP contribution in [0, 0.1) is 19.3 Å². The molecule has 4 rings (SSSR count). The highest BCUT2D eigenvalue weighted by molar-refractivity contribution is 5.87. The van der Waals surface area contributed by atoms with Gasteiger partial charge in [0, 0.05) is 20.1 Å². The molecule has 0 radical (unpaired) electrons. The van der Waals surface area contributed by atoms with Crippen LogP contribution in [0.1, 0.15) is 66.1 Å². The summed E-state index contributed by atoms with van der Waals surface area (Å²) < 4.78 is 46.2. The third-order valence-corrected chi connectivity index (χ3v) is 8.90. The van der Waals surface area contributed by atoms with Crippen LogP contribution in [-0.4, -0.2) is 59.9 Å². The highest BCUT2D eigenvalue weighted by Gasteiger charge is 2.56. The Kier molecular flexibility index (Phi) is 8.81. The van der Waals surface area contributed by atoms with E-state index >= 15 is 0 Å². The first kappa shape index (κ1) is 31.2. The number of carbonyl (C=O) groups excluding carboxylic acids is 2. The summed E-state index contributed by atoms with van der Waals surface area (Å²) in [7, 11) is 3.21. The van der Waals surface area contributed by atoms with Crippen molar-refractivity contribution < 1.29 is 27.5 Å². The van der Waals surface area contributed by atoms with E-state index in [4.69, 9.17) is 4.74 Å². The van der Waals surface area contributed by atoms with Gasteiger partial charge < -0.3 is 19.4 Å². The summed E-state index contributed by atoms with van der Waals surface area (Å²) in [6.45, 7) is 13.7. The highest BCUT2D eigenvalue weighted by atomic mass is 19.4. The molecule has 3 atom stereocenters. The number of amides is 3. The second kappa shape index (κ2) is 11.9. The minimum atomic E-state index is -4.49. The molecular formula is C33H40F3N3O3. The van der Waals surface area contributed by atoms with Crippen LogP contribution in [0.15, 0.2) is 61.7 Å². The van der Waals surface area contributed by atoms with Gasteiger partial charge in [0.1, 0.15) is 5.75 Å². The van der Waals surface area contributed by atoms with E-state index in [1.54, 1.807) is 51.1 Å². The lowest BCUT2D eigenvalue weighted by molar-refractivity contribution is -0.139. The Morgan fingerprint density at radius 2 is 1.81 bits per heavy atom. The number of allylic oxidation sites excluding steroid dienone is 2. The molecule has 6 nitrogen and oxygen atoms in total. The standard InChI is InChI=1S/C33H40F3N3O3/c1-8-12-32(13-9-2)20-28-29(27-11-10-26(42-7)18-22(27)4)39(15-14-38(28)30(32)40)31(41)37(6)23(5)24-16-21(3)17-25(19-24)33(34,35)36/h8-11,16-19,23,28-29H,1-2,12-15,20H2,3-7H3/t23-,28+,29?/m1/s1. The van der Waals surface area contributed by atoms with Crippen molar-refractivity contribution >= 4 is 11.9 Å². The number of alkyl halides is 3. The Balaban J connectivity index is 1.75. The van der Waals surface area contributed by atoms with E-state index < -0.39 is 29.2 Å². The first-order valence-corrected chi connectivity index (χ1v) is 14.2. The topological polar surface area (TPSA) is 53.1 Å². The number of ether oxygens (including phenoxy) is 1. The van der Waals surface area contributed by atoms with Crippen LogP contribution >= 0.6 is 0 Å². The molecule has 0 bridgehead atoms. The fraction of sp³-hybridized carbons (Fsp3) is 0.455. The lowest BCUT2D eigenvalue weighted by atomic mass is 9.76. The number of methoxy groups -OCH3 is 1. The van der Waals surface area contributed by atoms with Crippen LogP contribution in [0.4, 0.5) is 18.0 Å². The minimum absolute atomic E-state index is 0.0386. The smallest absolute Gasteiger partial charge is 0.416 e. The number of rotatable bonds is 8. The summed E-state index contributed by atoms with van der Waals surface area (Å²) in [5.41, 5.74) is 1.27. The molecule has 2 aliphatic heterocycles. The number of benzene rings is 2. The minimum Gasteiger partial charge on any atom is -0.497 e. The predicted molar refractivity (Wildman–Crippen MR) is 157 cm³/mol. The van der Waals surface area contributed by atoms with Crippen LogP contribution in [0.25, 0.3) is 0 Å². The van der Waals surface area contributed by atoms with E-state index in [-0.39, 0.29) is 24.5 Å². The maximum Gasteiger partial charge on any atom is 0.416 e. The largest absolute Gasteiger partial charge is 0.497 e. The van der Waals surface area contributed by atoms with Crippen molar-refractivity contribution in [3.05, 3.63) is 89.5 Å². The molecule has 2 fully saturated rings. The molecule has 3 amide bonds. The van der Waals surface area contributed by atoms with Crippen LogP contribution in [0.2, 0.25) is 0 Å². The van der Waals surface area contributed by atoms with Crippen molar-refractivity contribution in [3.8, 4) is 5.75 Å². The van der Waals surface area contributed by atoms with Crippen molar-refractivity contribution in [2.75, 3.05) is 27.2 Å². The summed E-state index contributed by atoms with van der Waals surface area (Å²) in [6, 6.07) is 7.90. The summed E-state index contributed by atoms with van der Waals surface area (Å²) in [5, 5.41) is 0. The van der Waals surface area contributed by atoms with Gasteiger partial charge in [0.05, 0.1) is 36.2 Å². The third-order valence-electron chi connectivity index (χ3n) is 8.90. The molecule has 2 aliphatic rings. The number of aryl methyl sites for hydroxylation is 2. The normalized spacial score (nSPS) is 20.6. The van der Waals surface area contributed by atoms with Gasteiger partial charge in [0.15, 0.2) is 0 Å². The Morgan fingerprint density at radius 1 is 1.14 bits per heavy atom. The lowest BCUT2D eigenvalue weighted by Crippen LogP contribution is -2.57. The second-order valence-corrected chi connectivity index (χ2v) is 11.6. The van der Waals surface area contributed by atoms with Crippen LogP contribution in [-0.2, 0) is 11.0 Å². The zero-order valence-electron chi connectivity index (χ0n) is 25.0. The van der Waals surface area contributed by atoms with Crippen molar-refractivity contribution in [2.45, 2.75) is 64.3 Å². The van der Waals surface area contributed by atoms with Crippen LogP contribution in [0.3, 0.4) is 0 Å². The molecule has 42 heavy (non-hydrogen) atoms. The zero-order chi connectivity index (χ0) is 31.0. The molecule has 0 aliphatic carbocycles. The Labute approximate surface area is 246 Å². The van der Waals surface area contributed by atoms with E-state index in [1.165, 1.54) is 4.90 Å². The van der Waals surface area contributed by atoms with E-state index in [1.807, 2.05) is 30.0 Å². The number of piperazine rings is 1. The number of nitrogens with zero attached hydrogens (tertiary/aromatic N) is 3. The molecule has 0 saturated carbocycles. The Bertz CT molecular complexity index is 1360. The maximum atomic E-state index is 14.2. The van der Waals surface area contributed by atoms with Crippen molar-refractivity contribution in [1.29, 1.82) is 0 Å². The summed E-state index contributed by atoms with van der Waals surface area (Å²) in [5.74, 6) is 0.722. The number of halogens is 3. The van der Waals surface area contributed by atoms with Gasteiger partial charge in [-0.1, -0.05) is 29.8 Å². The Morgan fingerprint density at radius 3 is 2.38 bits per heavy atom. The highest BCUT2D eigenvalue weighted by Crippen LogP contribution is 2.50. The molecular weight excluding hydrogens is 543 g/mol. The fourth-order valence-electron chi connectivity index (χ4n) is 6.65. The summed E-state index contributed by atoms with van der Waals surface area (Å²) in [4.78, 5) is 33.3. The molecule has 226 valence electrons. The molecule has 2 saturated heterocycles. The van der Waals surface area contributed by atoms with E-state index in [0.29, 0.717) is 42.7 Å². The van der Waals surface area contributed by atoms with Crippen molar-refractivity contribution in [2.24, 2.45) is 5.41 Å². The molecule has 2 aromatic carbocycles. The molecule has 0 aromatic heterocycles.